The number of benzene rings is 3. The second-order valence-corrected chi connectivity index (χ2v) is 10.5. The first-order valence-electron chi connectivity index (χ1n) is 14.5. The molecular weight excluding hydrogens is 594 g/mol. The van der Waals surface area contributed by atoms with Crippen LogP contribution in [0.15, 0.2) is 97.2 Å². The van der Waals surface area contributed by atoms with Gasteiger partial charge in [0.25, 0.3) is 0 Å². The van der Waals surface area contributed by atoms with Crippen LogP contribution in [0.5, 0.6) is 11.6 Å². The molecule has 0 saturated heterocycles. The van der Waals surface area contributed by atoms with Gasteiger partial charge in [0, 0.05) is 43.2 Å². The number of carbonyl (C=O) groups is 3. The first-order valence-corrected chi connectivity index (χ1v) is 14.9. The van der Waals surface area contributed by atoms with Crippen LogP contribution in [0.4, 0.5) is 4.79 Å². The largest absolute Gasteiger partial charge is 0.494 e. The molecule has 4 rings (SSSR count). The summed E-state index contributed by atoms with van der Waals surface area (Å²) in [6.45, 7) is 2.90. The average Bonchev–Trinajstić information content (AvgIpc) is 3.05. The van der Waals surface area contributed by atoms with Gasteiger partial charge in [-0.25, -0.2) is 9.78 Å². The third-order valence-corrected chi connectivity index (χ3v) is 7.19. The molecule has 3 amide bonds. The van der Waals surface area contributed by atoms with Crippen LogP contribution in [0.3, 0.4) is 0 Å². The lowest BCUT2D eigenvalue weighted by Crippen LogP contribution is -2.55. The van der Waals surface area contributed by atoms with Crippen LogP contribution in [-0.4, -0.2) is 41.6 Å². The Kier molecular flexibility index (Phi) is 12.3. The van der Waals surface area contributed by atoms with E-state index in [-0.39, 0.29) is 25.3 Å². The number of hydrogen-bond acceptors (Lipinski definition) is 7. The van der Waals surface area contributed by atoms with Crippen LogP contribution in [0, 0.1) is 0 Å². The van der Waals surface area contributed by atoms with E-state index in [0.717, 1.165) is 22.3 Å². The summed E-state index contributed by atoms with van der Waals surface area (Å²) in [5.41, 5.74) is 8.89. The fourth-order valence-electron chi connectivity index (χ4n) is 4.52. The normalized spacial score (nSPS) is 12.0. The summed E-state index contributed by atoms with van der Waals surface area (Å²) < 4.78 is 10.8. The molecule has 4 aromatic rings. The standard InChI is InChI=1S/C34H36ClN5O5/c1-2-44-27-15-12-24(13-16-27)20-30(40-34(43)45-31-10-6-7-17-37-31)33(42)39-29(19-23-8-4-3-5-9-23)32(41)38-22-25-11-14-26(21-36)28(35)18-25/h3-18,29-30H,2,19-22,36H2,1H3,(H,38,41)(H,39,42)(H,40,43)/t29-,30+/m0/s1. The number of rotatable bonds is 14. The summed E-state index contributed by atoms with van der Waals surface area (Å²) >= 11 is 6.30. The highest BCUT2D eigenvalue weighted by molar-refractivity contribution is 6.31. The van der Waals surface area contributed by atoms with E-state index in [2.05, 4.69) is 20.9 Å². The summed E-state index contributed by atoms with van der Waals surface area (Å²) in [4.78, 5) is 44.1. The molecule has 0 unspecified atom stereocenters. The molecule has 0 fully saturated rings. The van der Waals surface area contributed by atoms with Gasteiger partial charge in [0.05, 0.1) is 6.61 Å². The van der Waals surface area contributed by atoms with Gasteiger partial charge < -0.3 is 31.2 Å². The maximum atomic E-state index is 13.8. The van der Waals surface area contributed by atoms with Crippen LogP contribution in [0.25, 0.3) is 0 Å². The third kappa shape index (κ3) is 10.3. The van der Waals surface area contributed by atoms with Gasteiger partial charge in [-0.1, -0.05) is 72.3 Å². The Bertz CT molecular complexity index is 1550. The van der Waals surface area contributed by atoms with E-state index < -0.39 is 30.0 Å². The van der Waals surface area contributed by atoms with Crippen molar-refractivity contribution in [2.45, 2.75) is 44.9 Å². The van der Waals surface area contributed by atoms with Gasteiger partial charge in [-0.15, -0.1) is 0 Å². The molecular formula is C34H36ClN5O5. The number of pyridine rings is 1. The number of halogens is 1. The molecule has 5 N–H and O–H groups in total. The van der Waals surface area contributed by atoms with Crippen molar-refractivity contribution >= 4 is 29.5 Å². The predicted octanol–water partition coefficient (Wildman–Crippen LogP) is 4.34. The number of nitrogens with two attached hydrogens (primary N) is 1. The zero-order valence-electron chi connectivity index (χ0n) is 24.9. The maximum absolute atomic E-state index is 13.8. The number of ether oxygens (including phenoxy) is 2. The zero-order chi connectivity index (χ0) is 32.0. The van der Waals surface area contributed by atoms with Crippen LogP contribution in [0.1, 0.15) is 29.2 Å². The van der Waals surface area contributed by atoms with Gasteiger partial charge in [0.1, 0.15) is 17.8 Å². The average molecular weight is 630 g/mol. The van der Waals surface area contributed by atoms with E-state index in [0.29, 0.717) is 23.9 Å². The first-order chi connectivity index (χ1) is 21.8. The summed E-state index contributed by atoms with van der Waals surface area (Å²) in [6, 6.07) is 24.8. The Morgan fingerprint density at radius 2 is 1.49 bits per heavy atom. The Hall–Kier alpha value is -4.93. The molecule has 3 aromatic carbocycles. The Morgan fingerprint density at radius 3 is 2.13 bits per heavy atom. The second-order valence-electron chi connectivity index (χ2n) is 10.1. The summed E-state index contributed by atoms with van der Waals surface area (Å²) in [6.07, 6.45) is 0.974. The fraction of sp³-hybridized carbons (Fsp3) is 0.235. The Morgan fingerprint density at radius 1 is 0.822 bits per heavy atom. The quantitative estimate of drug-likeness (QED) is 0.162. The van der Waals surface area contributed by atoms with Gasteiger partial charge in [-0.05, 0) is 53.4 Å². The zero-order valence-corrected chi connectivity index (χ0v) is 25.6. The van der Waals surface area contributed by atoms with Crippen molar-refractivity contribution < 1.29 is 23.9 Å². The van der Waals surface area contributed by atoms with Gasteiger partial charge in [0.15, 0.2) is 0 Å². The minimum atomic E-state index is -1.08. The van der Waals surface area contributed by atoms with E-state index in [9.17, 15) is 14.4 Å². The molecule has 0 bridgehead atoms. The summed E-state index contributed by atoms with van der Waals surface area (Å²) in [5, 5.41) is 8.89. The molecule has 0 spiro atoms. The van der Waals surface area contributed by atoms with Gasteiger partial charge in [0.2, 0.25) is 17.7 Å². The molecule has 0 aliphatic carbocycles. The SMILES string of the molecule is CCOc1ccc(C[C@@H](NC(=O)Oc2ccccn2)C(=O)N[C@@H](Cc2ccccc2)C(=O)NCc2ccc(CN)c(Cl)c2)cc1. The number of aromatic nitrogens is 1. The lowest BCUT2D eigenvalue weighted by atomic mass is 10.0. The lowest BCUT2D eigenvalue weighted by molar-refractivity contribution is -0.130. The van der Waals surface area contributed by atoms with Crippen molar-refractivity contribution in [3.8, 4) is 11.6 Å². The molecule has 2 atom stereocenters. The monoisotopic (exact) mass is 629 g/mol. The molecule has 1 heterocycles. The van der Waals surface area contributed by atoms with Crippen molar-refractivity contribution in [2.75, 3.05) is 6.61 Å². The minimum absolute atomic E-state index is 0.0798. The molecule has 11 heteroatoms. The van der Waals surface area contributed by atoms with E-state index in [1.165, 1.54) is 12.3 Å². The molecule has 10 nitrogen and oxygen atoms in total. The van der Waals surface area contributed by atoms with Gasteiger partial charge in [-0.3, -0.25) is 9.59 Å². The van der Waals surface area contributed by atoms with Crippen molar-refractivity contribution in [1.82, 2.24) is 20.9 Å². The molecule has 0 saturated carbocycles. The fourth-order valence-corrected chi connectivity index (χ4v) is 4.80. The number of hydrogen-bond donors (Lipinski definition) is 4. The van der Waals surface area contributed by atoms with E-state index in [4.69, 9.17) is 26.8 Å². The molecule has 1 aromatic heterocycles. The van der Waals surface area contributed by atoms with E-state index >= 15 is 0 Å². The minimum Gasteiger partial charge on any atom is -0.494 e. The highest BCUT2D eigenvalue weighted by Gasteiger charge is 2.28. The molecule has 45 heavy (non-hydrogen) atoms. The van der Waals surface area contributed by atoms with Crippen molar-refractivity contribution in [3.05, 3.63) is 124 Å². The Balaban J connectivity index is 1.52. The van der Waals surface area contributed by atoms with Gasteiger partial charge in [-0.2, -0.15) is 0 Å². The maximum Gasteiger partial charge on any atom is 0.414 e. The number of carbonyl (C=O) groups excluding carboxylic acids is 3. The van der Waals surface area contributed by atoms with Crippen LogP contribution >= 0.6 is 11.6 Å². The topological polar surface area (TPSA) is 145 Å². The first kappa shape index (κ1) is 33.0. The predicted molar refractivity (Wildman–Crippen MR) is 172 cm³/mol. The van der Waals surface area contributed by atoms with Gasteiger partial charge >= 0.3 is 6.09 Å². The molecule has 234 valence electrons. The second kappa shape index (κ2) is 16.8. The van der Waals surface area contributed by atoms with Crippen LogP contribution in [0.2, 0.25) is 5.02 Å². The number of nitrogens with zero attached hydrogens (tertiary/aromatic N) is 1. The number of nitrogens with one attached hydrogen (secondary N) is 3. The highest BCUT2D eigenvalue weighted by Crippen LogP contribution is 2.18. The van der Waals surface area contributed by atoms with E-state index in [1.54, 1.807) is 30.3 Å². The van der Waals surface area contributed by atoms with Crippen molar-refractivity contribution in [2.24, 2.45) is 5.73 Å². The molecule has 0 aliphatic rings. The number of amides is 3. The smallest absolute Gasteiger partial charge is 0.414 e. The van der Waals surface area contributed by atoms with Crippen molar-refractivity contribution in [1.29, 1.82) is 0 Å². The Labute approximate surface area is 267 Å². The third-order valence-electron chi connectivity index (χ3n) is 6.84. The molecule has 0 aliphatic heterocycles. The lowest BCUT2D eigenvalue weighted by Gasteiger charge is -2.23. The van der Waals surface area contributed by atoms with E-state index in [1.807, 2.05) is 61.5 Å². The summed E-state index contributed by atoms with van der Waals surface area (Å²) in [7, 11) is 0. The summed E-state index contributed by atoms with van der Waals surface area (Å²) in [5.74, 6) is -0.199. The molecule has 0 radical (unpaired) electrons. The van der Waals surface area contributed by atoms with Crippen LogP contribution < -0.4 is 31.2 Å². The van der Waals surface area contributed by atoms with Crippen LogP contribution in [-0.2, 0) is 35.5 Å². The van der Waals surface area contributed by atoms with Crippen molar-refractivity contribution in [3.63, 3.8) is 0 Å². The highest BCUT2D eigenvalue weighted by atomic mass is 35.5.